The van der Waals surface area contributed by atoms with Crippen molar-refractivity contribution < 1.29 is 23.1 Å². The van der Waals surface area contributed by atoms with Gasteiger partial charge in [-0.2, -0.15) is 5.10 Å². The molecule has 0 aliphatic heterocycles. The average molecular weight is 379 g/mol. The van der Waals surface area contributed by atoms with Crippen molar-refractivity contribution in [2.24, 2.45) is 0 Å². The second kappa shape index (κ2) is 6.91. The Morgan fingerprint density at radius 2 is 1.81 bits per heavy atom. The molecule has 0 spiro atoms. The van der Waals surface area contributed by atoms with Crippen LogP contribution >= 0.6 is 0 Å². The maximum Gasteiger partial charge on any atom is 0.339 e. The summed E-state index contributed by atoms with van der Waals surface area (Å²) >= 11 is 0. The molecule has 9 heteroatoms. The van der Waals surface area contributed by atoms with E-state index in [1.54, 1.807) is 45.0 Å². The first-order valence-electron chi connectivity index (χ1n) is 7.80. The topological polar surface area (TPSA) is 118 Å². The van der Waals surface area contributed by atoms with Crippen molar-refractivity contribution in [1.29, 1.82) is 0 Å². The molecule has 8 nitrogen and oxygen atoms in total. The molecule has 0 unspecified atom stereocenters. The molecule has 1 heterocycles. The number of amides is 1. The molecular weight excluding hydrogens is 358 g/mol. The molecule has 0 saturated heterocycles. The Kier molecular flexibility index (Phi) is 5.22. The highest BCUT2D eigenvalue weighted by Gasteiger charge is 2.30. The monoisotopic (exact) mass is 379 g/mol. The summed E-state index contributed by atoms with van der Waals surface area (Å²) in [7, 11) is -3.31. The van der Waals surface area contributed by atoms with Crippen molar-refractivity contribution in [2.45, 2.75) is 25.5 Å². The van der Waals surface area contributed by atoms with Crippen molar-refractivity contribution in [3.63, 3.8) is 0 Å². The Bertz CT molecular complexity index is 943. The molecule has 1 aromatic heterocycles. The van der Waals surface area contributed by atoms with Gasteiger partial charge >= 0.3 is 5.97 Å². The summed E-state index contributed by atoms with van der Waals surface area (Å²) in [4.78, 5) is 23.3. The third kappa shape index (κ3) is 3.93. The van der Waals surface area contributed by atoms with Crippen LogP contribution in [0, 0.1) is 6.92 Å². The first-order valence-corrected chi connectivity index (χ1v) is 9.69. The van der Waals surface area contributed by atoms with Gasteiger partial charge in [0.1, 0.15) is 5.56 Å². The van der Waals surface area contributed by atoms with E-state index in [1.165, 1.54) is 10.9 Å². The lowest BCUT2D eigenvalue weighted by Crippen LogP contribution is -2.43. The van der Waals surface area contributed by atoms with Crippen LogP contribution in [0.4, 0.5) is 0 Å². The van der Waals surface area contributed by atoms with E-state index in [2.05, 4.69) is 10.4 Å². The summed E-state index contributed by atoms with van der Waals surface area (Å²) in [5, 5.41) is 15.7. The second-order valence-electron chi connectivity index (χ2n) is 6.62. The van der Waals surface area contributed by atoms with Gasteiger partial charge in [-0.1, -0.05) is 0 Å². The highest BCUT2D eigenvalue weighted by atomic mass is 32.2. The number of nitrogens with zero attached hydrogens (tertiary/aromatic N) is 2. The van der Waals surface area contributed by atoms with Gasteiger partial charge in [0.25, 0.3) is 5.91 Å². The van der Waals surface area contributed by atoms with Crippen LogP contribution in [-0.4, -0.2) is 52.7 Å². The Labute approximate surface area is 151 Å². The zero-order valence-corrected chi connectivity index (χ0v) is 15.8. The van der Waals surface area contributed by atoms with Crippen LogP contribution in [0.1, 0.15) is 40.3 Å². The van der Waals surface area contributed by atoms with Crippen molar-refractivity contribution in [3.8, 4) is 5.69 Å². The maximum absolute atomic E-state index is 12.2. The number of hydrogen-bond acceptors (Lipinski definition) is 5. The number of aromatic carboxylic acids is 1. The van der Waals surface area contributed by atoms with E-state index >= 15 is 0 Å². The van der Waals surface area contributed by atoms with Gasteiger partial charge in [-0.15, -0.1) is 0 Å². The van der Waals surface area contributed by atoms with Crippen LogP contribution in [0.15, 0.2) is 30.5 Å². The Morgan fingerprint density at radius 1 is 1.23 bits per heavy atom. The van der Waals surface area contributed by atoms with Crippen molar-refractivity contribution in [2.75, 3.05) is 12.8 Å². The van der Waals surface area contributed by atoms with Crippen molar-refractivity contribution in [1.82, 2.24) is 15.1 Å². The fourth-order valence-corrected chi connectivity index (χ4v) is 2.49. The first-order chi connectivity index (χ1) is 11.9. The number of carboxylic acid groups (broad SMARTS) is 1. The van der Waals surface area contributed by atoms with Crippen LogP contribution in [0.25, 0.3) is 5.69 Å². The molecule has 26 heavy (non-hydrogen) atoms. The van der Waals surface area contributed by atoms with Gasteiger partial charge in [0.15, 0.2) is 9.84 Å². The molecule has 0 radical (unpaired) electrons. The predicted molar refractivity (Wildman–Crippen MR) is 96.5 cm³/mol. The number of rotatable bonds is 6. The largest absolute Gasteiger partial charge is 0.478 e. The summed E-state index contributed by atoms with van der Waals surface area (Å²) < 4.78 is 23.8. The molecule has 2 rings (SSSR count). The number of hydrogen-bond donors (Lipinski definition) is 2. The van der Waals surface area contributed by atoms with Gasteiger partial charge in [0.05, 0.1) is 22.3 Å². The van der Waals surface area contributed by atoms with Crippen molar-refractivity contribution >= 4 is 21.7 Å². The van der Waals surface area contributed by atoms with E-state index < -0.39 is 26.5 Å². The molecule has 0 aliphatic carbocycles. The van der Waals surface area contributed by atoms with E-state index in [-0.39, 0.29) is 12.1 Å². The van der Waals surface area contributed by atoms with E-state index in [9.17, 15) is 18.0 Å². The van der Waals surface area contributed by atoms with Gasteiger partial charge < -0.3 is 10.4 Å². The van der Waals surface area contributed by atoms with Crippen LogP contribution < -0.4 is 5.32 Å². The minimum atomic E-state index is -3.31. The third-order valence-electron chi connectivity index (χ3n) is 4.29. The van der Waals surface area contributed by atoms with E-state index in [0.717, 1.165) is 6.26 Å². The molecule has 1 aromatic carbocycles. The number of carbonyl (C=O) groups excluding carboxylic acids is 1. The molecule has 0 fully saturated rings. The van der Waals surface area contributed by atoms with Gasteiger partial charge in [0.2, 0.25) is 0 Å². The Morgan fingerprint density at radius 3 is 2.27 bits per heavy atom. The molecule has 0 saturated carbocycles. The molecule has 1 amide bonds. The zero-order valence-electron chi connectivity index (χ0n) is 15.0. The molecule has 0 atom stereocenters. The van der Waals surface area contributed by atoms with Crippen LogP contribution in [0.3, 0.4) is 0 Å². The molecular formula is C17H21N3O5S. The highest BCUT2D eigenvalue weighted by molar-refractivity contribution is 7.92. The standard InChI is InChI=1S/C17H21N3O5S/c1-11-14(16(22)23)9-19-20(11)13-7-5-12(6-8-13)15(21)18-10-17(2,3)26(4,24)25/h5-9H,10H2,1-4H3,(H,18,21)(H,22,23). The van der Waals surface area contributed by atoms with Crippen LogP contribution in [0.5, 0.6) is 0 Å². The van der Waals surface area contributed by atoms with Gasteiger partial charge in [-0.3, -0.25) is 4.79 Å². The first kappa shape index (κ1) is 19.6. The van der Waals surface area contributed by atoms with Gasteiger partial charge in [0, 0.05) is 18.4 Å². The summed E-state index contributed by atoms with van der Waals surface area (Å²) in [5.41, 5.74) is 1.56. The minimum Gasteiger partial charge on any atom is -0.478 e. The lowest BCUT2D eigenvalue weighted by atomic mass is 10.1. The summed E-state index contributed by atoms with van der Waals surface area (Å²) in [6.07, 6.45) is 2.40. The third-order valence-corrected chi connectivity index (χ3v) is 6.44. The molecule has 2 aromatic rings. The second-order valence-corrected chi connectivity index (χ2v) is 9.27. The van der Waals surface area contributed by atoms with E-state index in [1.807, 2.05) is 0 Å². The number of carbonyl (C=O) groups is 2. The Hall–Kier alpha value is -2.68. The number of carboxylic acids is 1. The Balaban J connectivity index is 2.15. The van der Waals surface area contributed by atoms with Crippen LogP contribution in [0.2, 0.25) is 0 Å². The SMILES string of the molecule is Cc1c(C(=O)O)cnn1-c1ccc(C(=O)NCC(C)(C)S(C)(=O)=O)cc1. The molecule has 0 aliphatic rings. The highest BCUT2D eigenvalue weighted by Crippen LogP contribution is 2.16. The molecule has 140 valence electrons. The minimum absolute atomic E-state index is 0.00729. The number of nitrogens with one attached hydrogen (secondary N) is 1. The summed E-state index contributed by atoms with van der Waals surface area (Å²) in [6, 6.07) is 6.42. The number of aromatic nitrogens is 2. The van der Waals surface area contributed by atoms with Crippen molar-refractivity contribution in [3.05, 3.63) is 47.3 Å². The summed E-state index contributed by atoms with van der Waals surface area (Å²) in [5.74, 6) is -1.45. The fourth-order valence-electron chi connectivity index (χ4n) is 2.16. The van der Waals surface area contributed by atoms with Crippen LogP contribution in [-0.2, 0) is 9.84 Å². The lowest BCUT2D eigenvalue weighted by molar-refractivity contribution is 0.0695. The van der Waals surface area contributed by atoms with Gasteiger partial charge in [-0.05, 0) is 45.0 Å². The summed E-state index contributed by atoms with van der Waals surface area (Å²) in [6.45, 7) is 4.73. The maximum atomic E-state index is 12.2. The lowest BCUT2D eigenvalue weighted by Gasteiger charge is -2.22. The fraction of sp³-hybridized carbons (Fsp3) is 0.353. The molecule has 2 N–H and O–H groups in total. The zero-order chi connectivity index (χ0) is 19.7. The normalized spacial score (nSPS) is 12.0. The quantitative estimate of drug-likeness (QED) is 0.784. The average Bonchev–Trinajstić information content (AvgIpc) is 2.93. The predicted octanol–water partition coefficient (Wildman–Crippen LogP) is 1.43. The van der Waals surface area contributed by atoms with Gasteiger partial charge in [-0.25, -0.2) is 17.9 Å². The molecule has 0 bridgehead atoms. The number of benzene rings is 1. The van der Waals surface area contributed by atoms with E-state index in [4.69, 9.17) is 5.11 Å². The smallest absolute Gasteiger partial charge is 0.339 e. The van der Waals surface area contributed by atoms with E-state index in [0.29, 0.717) is 16.9 Å². The number of sulfone groups is 1.